The van der Waals surface area contributed by atoms with Crippen LogP contribution < -0.4 is 33.2 Å². The van der Waals surface area contributed by atoms with Gasteiger partial charge >= 0.3 is 5.97 Å². The number of carboxylic acid groups (broad SMARTS) is 1. The van der Waals surface area contributed by atoms with Crippen LogP contribution in [0.2, 0.25) is 0 Å². The summed E-state index contributed by atoms with van der Waals surface area (Å²) in [4.78, 5) is 75.1. The lowest BCUT2D eigenvalue weighted by Crippen LogP contribution is -2.58. The van der Waals surface area contributed by atoms with E-state index in [1.807, 2.05) is 12.1 Å². The molecule has 0 saturated heterocycles. The van der Waals surface area contributed by atoms with Gasteiger partial charge in [-0.1, -0.05) is 18.2 Å². The van der Waals surface area contributed by atoms with Crippen molar-refractivity contribution in [1.82, 2.24) is 20.9 Å². The summed E-state index contributed by atoms with van der Waals surface area (Å²) >= 11 is 0. The molecule has 12 N–H and O–H groups in total. The predicted molar refractivity (Wildman–Crippen MR) is 137 cm³/mol. The minimum absolute atomic E-state index is 0.0856. The summed E-state index contributed by atoms with van der Waals surface area (Å²) in [5, 5.41) is 27.0. The number of nitrogens with two attached hydrogens (primary N) is 3. The molecule has 0 fully saturated rings. The van der Waals surface area contributed by atoms with Crippen molar-refractivity contribution in [3.8, 4) is 0 Å². The van der Waals surface area contributed by atoms with Gasteiger partial charge in [0.1, 0.15) is 18.1 Å². The molecule has 0 bridgehead atoms. The van der Waals surface area contributed by atoms with E-state index in [2.05, 4.69) is 20.9 Å². The van der Waals surface area contributed by atoms with Crippen molar-refractivity contribution in [2.75, 3.05) is 6.61 Å². The molecule has 1 aromatic carbocycles. The van der Waals surface area contributed by atoms with Crippen molar-refractivity contribution in [3.05, 3.63) is 36.0 Å². The molecule has 15 heteroatoms. The van der Waals surface area contributed by atoms with Crippen LogP contribution in [0.15, 0.2) is 30.5 Å². The quantitative estimate of drug-likeness (QED) is 0.104. The van der Waals surface area contributed by atoms with Crippen LogP contribution in [-0.2, 0) is 35.2 Å². The molecule has 0 saturated carbocycles. The molecule has 2 rings (SSSR count). The van der Waals surface area contributed by atoms with E-state index >= 15 is 0 Å². The zero-order valence-corrected chi connectivity index (χ0v) is 21.0. The number of H-pyrrole nitrogens is 1. The number of amides is 5. The van der Waals surface area contributed by atoms with E-state index in [0.717, 1.165) is 10.9 Å². The highest BCUT2D eigenvalue weighted by atomic mass is 16.4. The number of nitrogens with one attached hydrogen (secondary N) is 4. The molecule has 4 atom stereocenters. The molecule has 212 valence electrons. The smallest absolute Gasteiger partial charge is 0.326 e. The Morgan fingerprint density at radius 2 is 1.38 bits per heavy atom. The Morgan fingerprint density at radius 3 is 2.00 bits per heavy atom. The van der Waals surface area contributed by atoms with E-state index in [1.54, 1.807) is 18.3 Å². The number of aliphatic hydroxyl groups is 1. The molecule has 1 aromatic heterocycles. The standard InChI is InChI=1S/C24H33N7O8/c25-14(5-7-19(26)33)21(35)29-16(6-8-20(27)34)22(36)31-18(11-32)23(37)30-17(24(38)39)9-12-10-28-15-4-2-1-3-13(12)15/h1-4,10,14,16-18,28,32H,5-9,11,25H2,(H2,26,33)(H2,27,34)(H,29,35)(H,30,37)(H,31,36)(H,38,39). The van der Waals surface area contributed by atoms with Gasteiger partial charge in [0.05, 0.1) is 12.6 Å². The number of fused-ring (bicyclic) bond motifs is 1. The van der Waals surface area contributed by atoms with Crippen molar-refractivity contribution in [2.45, 2.75) is 56.3 Å². The van der Waals surface area contributed by atoms with Gasteiger partial charge in [0.2, 0.25) is 29.5 Å². The summed E-state index contributed by atoms with van der Waals surface area (Å²) in [6.07, 6.45) is 0.697. The molecule has 0 radical (unpaired) electrons. The Labute approximate surface area is 222 Å². The van der Waals surface area contributed by atoms with E-state index in [1.165, 1.54) is 0 Å². The zero-order valence-electron chi connectivity index (χ0n) is 21.0. The Morgan fingerprint density at radius 1 is 0.821 bits per heavy atom. The fourth-order valence-corrected chi connectivity index (χ4v) is 3.72. The maximum Gasteiger partial charge on any atom is 0.326 e. The molecule has 0 aliphatic rings. The summed E-state index contributed by atoms with van der Waals surface area (Å²) < 4.78 is 0. The Bertz CT molecular complexity index is 1210. The van der Waals surface area contributed by atoms with Gasteiger partial charge < -0.3 is 48.3 Å². The molecular weight excluding hydrogens is 514 g/mol. The first kappa shape index (κ1) is 30.7. The van der Waals surface area contributed by atoms with Gasteiger partial charge in [-0.05, 0) is 24.5 Å². The van der Waals surface area contributed by atoms with Gasteiger partial charge in [-0.15, -0.1) is 0 Å². The Kier molecular flexibility index (Phi) is 11.4. The average molecular weight is 548 g/mol. The number of benzene rings is 1. The van der Waals surface area contributed by atoms with Crippen LogP contribution in [0.5, 0.6) is 0 Å². The topological polar surface area (TPSA) is 273 Å². The normalized spacial score (nSPS) is 14.0. The van der Waals surface area contributed by atoms with Gasteiger partial charge in [-0.2, -0.15) is 0 Å². The van der Waals surface area contributed by atoms with E-state index in [9.17, 15) is 39.0 Å². The number of aliphatic carboxylic acids is 1. The second-order valence-corrected chi connectivity index (χ2v) is 8.88. The molecule has 39 heavy (non-hydrogen) atoms. The summed E-state index contributed by atoms with van der Waals surface area (Å²) in [5.41, 5.74) is 17.3. The first-order chi connectivity index (χ1) is 18.4. The fourth-order valence-electron chi connectivity index (χ4n) is 3.72. The summed E-state index contributed by atoms with van der Waals surface area (Å²) in [7, 11) is 0. The van der Waals surface area contributed by atoms with E-state index in [-0.39, 0.29) is 32.1 Å². The fraction of sp³-hybridized carbons (Fsp3) is 0.417. The van der Waals surface area contributed by atoms with Gasteiger partial charge in [0.15, 0.2) is 0 Å². The molecule has 0 aliphatic carbocycles. The van der Waals surface area contributed by atoms with E-state index in [4.69, 9.17) is 17.2 Å². The molecular formula is C24H33N7O8. The number of carbonyl (C=O) groups excluding carboxylic acids is 5. The number of para-hydroxylation sites is 1. The predicted octanol–water partition coefficient (Wildman–Crippen LogP) is -2.90. The second kappa shape index (κ2) is 14.4. The lowest BCUT2D eigenvalue weighted by Gasteiger charge is -2.24. The third-order valence-corrected chi connectivity index (χ3v) is 5.88. The first-order valence-corrected chi connectivity index (χ1v) is 12.0. The molecule has 0 spiro atoms. The third-order valence-electron chi connectivity index (χ3n) is 5.88. The third kappa shape index (κ3) is 9.39. The maximum absolute atomic E-state index is 12.9. The van der Waals surface area contributed by atoms with E-state index < -0.39 is 66.3 Å². The lowest BCUT2D eigenvalue weighted by molar-refractivity contribution is -0.142. The summed E-state index contributed by atoms with van der Waals surface area (Å²) in [6.45, 7) is -0.897. The molecule has 5 amide bonds. The molecule has 15 nitrogen and oxygen atoms in total. The van der Waals surface area contributed by atoms with Crippen LogP contribution >= 0.6 is 0 Å². The SMILES string of the molecule is NC(=O)CCC(N)C(=O)NC(CCC(N)=O)C(=O)NC(CO)C(=O)NC(Cc1c[nH]c2ccccc12)C(=O)O. The van der Waals surface area contributed by atoms with Crippen LogP contribution in [0, 0.1) is 0 Å². The van der Waals surface area contributed by atoms with Crippen molar-refractivity contribution in [2.24, 2.45) is 17.2 Å². The van der Waals surface area contributed by atoms with Crippen LogP contribution in [0.25, 0.3) is 10.9 Å². The first-order valence-electron chi connectivity index (χ1n) is 12.0. The number of rotatable bonds is 16. The largest absolute Gasteiger partial charge is 0.480 e. The van der Waals surface area contributed by atoms with Crippen molar-refractivity contribution < 1.29 is 39.0 Å². The average Bonchev–Trinajstić information content (AvgIpc) is 3.29. The van der Waals surface area contributed by atoms with Crippen molar-refractivity contribution in [1.29, 1.82) is 0 Å². The number of aromatic nitrogens is 1. The van der Waals surface area contributed by atoms with Gasteiger partial charge in [0, 0.05) is 36.4 Å². The number of hydrogen-bond acceptors (Lipinski definition) is 8. The summed E-state index contributed by atoms with van der Waals surface area (Å²) in [5.74, 6) is -5.55. The van der Waals surface area contributed by atoms with Gasteiger partial charge in [-0.25, -0.2) is 4.79 Å². The Balaban J connectivity index is 2.09. The highest BCUT2D eigenvalue weighted by Crippen LogP contribution is 2.19. The van der Waals surface area contributed by atoms with Crippen molar-refractivity contribution >= 4 is 46.4 Å². The van der Waals surface area contributed by atoms with Crippen LogP contribution in [0.1, 0.15) is 31.2 Å². The van der Waals surface area contributed by atoms with Crippen LogP contribution in [0.3, 0.4) is 0 Å². The molecule has 4 unspecified atom stereocenters. The number of carboxylic acids is 1. The van der Waals surface area contributed by atoms with Gasteiger partial charge in [0.25, 0.3) is 0 Å². The minimum atomic E-state index is -1.58. The summed E-state index contributed by atoms with van der Waals surface area (Å²) in [6, 6.07) is 1.63. The monoisotopic (exact) mass is 547 g/mol. The maximum atomic E-state index is 12.9. The molecule has 0 aliphatic heterocycles. The number of aromatic amines is 1. The second-order valence-electron chi connectivity index (χ2n) is 8.88. The highest BCUT2D eigenvalue weighted by molar-refractivity contribution is 5.94. The Hall–Kier alpha value is -4.50. The number of hydrogen-bond donors (Lipinski definition) is 9. The molecule has 2 aromatic rings. The lowest BCUT2D eigenvalue weighted by atomic mass is 10.0. The minimum Gasteiger partial charge on any atom is -0.480 e. The molecule has 1 heterocycles. The number of primary amides is 2. The zero-order chi connectivity index (χ0) is 29.1. The highest BCUT2D eigenvalue weighted by Gasteiger charge is 2.30. The number of aliphatic hydroxyl groups excluding tert-OH is 1. The number of carbonyl (C=O) groups is 6. The van der Waals surface area contributed by atoms with Gasteiger partial charge in [-0.3, -0.25) is 24.0 Å². The van der Waals surface area contributed by atoms with E-state index in [0.29, 0.717) is 5.56 Å². The van der Waals surface area contributed by atoms with Crippen LogP contribution in [0.4, 0.5) is 0 Å². The van der Waals surface area contributed by atoms with Crippen LogP contribution in [-0.4, -0.2) is 81.5 Å². The van der Waals surface area contributed by atoms with Crippen molar-refractivity contribution in [3.63, 3.8) is 0 Å².